The van der Waals surface area contributed by atoms with Gasteiger partial charge in [-0.05, 0) is 66.2 Å². The summed E-state index contributed by atoms with van der Waals surface area (Å²) in [5, 5.41) is 13.8. The lowest BCUT2D eigenvalue weighted by Crippen LogP contribution is -2.33. The number of hydrogen-bond acceptors (Lipinski definition) is 5. The van der Waals surface area contributed by atoms with Crippen LogP contribution in [0.5, 0.6) is 5.75 Å². The second-order valence-electron chi connectivity index (χ2n) is 7.53. The first-order valence-electron chi connectivity index (χ1n) is 10.6. The third-order valence-electron chi connectivity index (χ3n) is 5.26. The highest BCUT2D eigenvalue weighted by Crippen LogP contribution is 2.25. The van der Waals surface area contributed by atoms with Crippen LogP contribution in [0.2, 0.25) is 0 Å². The van der Waals surface area contributed by atoms with Crippen molar-refractivity contribution in [2.45, 2.75) is 13.0 Å². The van der Waals surface area contributed by atoms with E-state index in [1.165, 1.54) is 12.1 Å². The minimum absolute atomic E-state index is 0.188. The lowest BCUT2D eigenvalue weighted by atomic mass is 10.1. The number of amides is 1. The largest absolute Gasteiger partial charge is 0.497 e. The first-order chi connectivity index (χ1) is 16.6. The Kier molecular flexibility index (Phi) is 6.94. The quantitative estimate of drug-likeness (QED) is 0.387. The van der Waals surface area contributed by atoms with Crippen LogP contribution in [0.15, 0.2) is 79.1 Å². The van der Waals surface area contributed by atoms with Crippen molar-refractivity contribution < 1.29 is 13.9 Å². The maximum atomic E-state index is 13.7. The van der Waals surface area contributed by atoms with Gasteiger partial charge in [-0.1, -0.05) is 6.07 Å². The monoisotopic (exact) mass is 455 g/mol. The average Bonchev–Trinajstić information content (AvgIpc) is 3.32. The number of nitrogens with zero attached hydrogens (tertiary/aromatic N) is 5. The number of carbonyl (C=O) groups is 1. The number of rotatable bonds is 8. The molecule has 2 aromatic carbocycles. The molecule has 0 radical (unpaired) electrons. The molecule has 34 heavy (non-hydrogen) atoms. The van der Waals surface area contributed by atoms with Crippen LogP contribution in [0, 0.1) is 17.1 Å². The summed E-state index contributed by atoms with van der Waals surface area (Å²) in [7, 11) is 1.58. The topological polar surface area (TPSA) is 84.0 Å². The molecule has 0 aliphatic heterocycles. The molecule has 0 saturated carbocycles. The smallest absolute Gasteiger partial charge is 0.272 e. The van der Waals surface area contributed by atoms with Crippen molar-refractivity contribution in [2.24, 2.45) is 0 Å². The summed E-state index contributed by atoms with van der Waals surface area (Å²) in [6, 6.07) is 20.6. The fourth-order valence-electron chi connectivity index (χ4n) is 3.53. The Morgan fingerprint density at radius 3 is 2.56 bits per heavy atom. The fraction of sp³-hybridized carbons (Fsp3) is 0.154. The molecule has 0 atom stereocenters. The second kappa shape index (κ2) is 10.4. The summed E-state index contributed by atoms with van der Waals surface area (Å²) in [5.74, 6) is 0.0410. The molecule has 0 bridgehead atoms. The van der Waals surface area contributed by atoms with Crippen LogP contribution in [0.1, 0.15) is 22.5 Å². The Morgan fingerprint density at radius 1 is 1.15 bits per heavy atom. The molecular weight excluding hydrogens is 433 g/mol. The number of methoxy groups -OCH3 is 1. The van der Waals surface area contributed by atoms with Crippen molar-refractivity contribution >= 4 is 5.91 Å². The van der Waals surface area contributed by atoms with Crippen LogP contribution in [0.3, 0.4) is 0 Å². The molecule has 170 valence electrons. The van der Waals surface area contributed by atoms with Crippen molar-refractivity contribution in [2.75, 3.05) is 13.7 Å². The highest BCUT2D eigenvalue weighted by Gasteiger charge is 2.23. The third kappa shape index (κ3) is 5.10. The molecule has 0 saturated heterocycles. The zero-order valence-corrected chi connectivity index (χ0v) is 18.6. The molecule has 0 fully saturated rings. The van der Waals surface area contributed by atoms with Crippen molar-refractivity contribution in [3.05, 3.63) is 96.2 Å². The molecule has 2 aromatic heterocycles. The van der Waals surface area contributed by atoms with E-state index in [2.05, 4.69) is 16.2 Å². The van der Waals surface area contributed by atoms with Gasteiger partial charge in [0.15, 0.2) is 0 Å². The molecule has 0 unspecified atom stereocenters. The Balaban J connectivity index is 1.76. The number of aromatic nitrogens is 3. The van der Waals surface area contributed by atoms with Gasteiger partial charge in [0.1, 0.15) is 17.3 Å². The molecule has 7 nitrogen and oxygen atoms in total. The SMILES string of the molecule is COc1ccc(-n2nc(-c3ccc(F)cc3)cc2C(=O)N(CCC#N)Cc2cccnc2)cc1. The highest BCUT2D eigenvalue weighted by atomic mass is 19.1. The van der Waals surface area contributed by atoms with Gasteiger partial charge in [-0.15, -0.1) is 0 Å². The van der Waals surface area contributed by atoms with E-state index in [1.807, 2.05) is 6.07 Å². The number of hydrogen-bond donors (Lipinski definition) is 0. The first kappa shape index (κ1) is 22.7. The number of benzene rings is 2. The minimum Gasteiger partial charge on any atom is -0.497 e. The highest BCUT2D eigenvalue weighted by molar-refractivity contribution is 5.94. The van der Waals surface area contributed by atoms with E-state index < -0.39 is 0 Å². The summed E-state index contributed by atoms with van der Waals surface area (Å²) >= 11 is 0. The Hall–Kier alpha value is -4.51. The van der Waals surface area contributed by atoms with Gasteiger partial charge in [-0.3, -0.25) is 9.78 Å². The molecule has 1 amide bonds. The molecule has 0 N–H and O–H groups in total. The van der Waals surface area contributed by atoms with Gasteiger partial charge in [-0.2, -0.15) is 10.4 Å². The lowest BCUT2D eigenvalue weighted by Gasteiger charge is -2.22. The van der Waals surface area contributed by atoms with Crippen molar-refractivity contribution in [1.82, 2.24) is 19.7 Å². The van der Waals surface area contributed by atoms with Gasteiger partial charge >= 0.3 is 0 Å². The van der Waals surface area contributed by atoms with Crippen LogP contribution >= 0.6 is 0 Å². The third-order valence-corrected chi connectivity index (χ3v) is 5.26. The predicted octanol–water partition coefficient (Wildman–Crippen LogP) is 4.64. The fourth-order valence-corrected chi connectivity index (χ4v) is 3.53. The Labute approximate surface area is 196 Å². The van der Waals surface area contributed by atoms with Gasteiger partial charge in [0, 0.05) is 31.0 Å². The van der Waals surface area contributed by atoms with Gasteiger partial charge in [0.2, 0.25) is 0 Å². The van der Waals surface area contributed by atoms with Crippen molar-refractivity contribution in [1.29, 1.82) is 5.26 Å². The number of halogens is 1. The molecule has 4 aromatic rings. The van der Waals surface area contributed by atoms with E-state index in [4.69, 9.17) is 10.00 Å². The molecular formula is C26H22FN5O2. The van der Waals surface area contributed by atoms with Crippen LogP contribution in [-0.2, 0) is 6.54 Å². The van der Waals surface area contributed by atoms with Crippen LogP contribution in [0.25, 0.3) is 16.9 Å². The van der Waals surface area contributed by atoms with Crippen molar-refractivity contribution in [3.63, 3.8) is 0 Å². The van der Waals surface area contributed by atoms with Crippen molar-refractivity contribution in [3.8, 4) is 28.8 Å². The summed E-state index contributed by atoms with van der Waals surface area (Å²) in [6.45, 7) is 0.554. The lowest BCUT2D eigenvalue weighted by molar-refractivity contribution is 0.0737. The van der Waals surface area contributed by atoms with E-state index in [0.29, 0.717) is 34.9 Å². The Bertz CT molecular complexity index is 1300. The molecule has 0 aliphatic carbocycles. The number of pyridine rings is 1. The molecule has 4 rings (SSSR count). The van der Waals surface area contributed by atoms with Crippen LogP contribution in [0.4, 0.5) is 4.39 Å². The van der Waals surface area contributed by atoms with Gasteiger partial charge in [-0.25, -0.2) is 9.07 Å². The molecule has 0 spiro atoms. The summed E-state index contributed by atoms with van der Waals surface area (Å²) in [6.07, 6.45) is 3.55. The Morgan fingerprint density at radius 2 is 1.91 bits per heavy atom. The zero-order valence-electron chi connectivity index (χ0n) is 18.6. The standard InChI is InChI=1S/C26H22FN5O2/c1-34-23-11-9-22(10-12-23)32-25(16-24(30-32)20-5-7-21(27)8-6-20)26(33)31(15-3-13-28)18-19-4-2-14-29-17-19/h2,4-12,14,16-17H,3,15,18H2,1H3. The first-order valence-corrected chi connectivity index (χ1v) is 10.6. The summed E-state index contributed by atoms with van der Waals surface area (Å²) < 4.78 is 20.3. The minimum atomic E-state index is -0.353. The molecule has 0 aliphatic rings. The van der Waals surface area contributed by atoms with Crippen LogP contribution < -0.4 is 4.74 Å². The normalized spacial score (nSPS) is 10.5. The number of nitriles is 1. The van der Waals surface area contributed by atoms with E-state index in [0.717, 1.165) is 5.56 Å². The van der Waals surface area contributed by atoms with E-state index >= 15 is 0 Å². The second-order valence-corrected chi connectivity index (χ2v) is 7.53. The van der Waals surface area contributed by atoms with E-state index in [9.17, 15) is 9.18 Å². The van der Waals surface area contributed by atoms with E-state index in [1.54, 1.807) is 77.6 Å². The van der Waals surface area contributed by atoms with Gasteiger partial charge in [0.25, 0.3) is 5.91 Å². The number of carbonyl (C=O) groups excluding carboxylic acids is 1. The predicted molar refractivity (Wildman–Crippen MR) is 125 cm³/mol. The molecule has 8 heteroatoms. The average molecular weight is 455 g/mol. The zero-order chi connectivity index (χ0) is 23.9. The van der Waals surface area contributed by atoms with Crippen LogP contribution in [-0.4, -0.2) is 39.2 Å². The summed E-state index contributed by atoms with van der Waals surface area (Å²) in [5.41, 5.74) is 3.05. The number of ether oxygens (including phenoxy) is 1. The maximum Gasteiger partial charge on any atom is 0.272 e. The maximum absolute atomic E-state index is 13.7. The summed E-state index contributed by atoms with van der Waals surface area (Å²) in [4.78, 5) is 19.4. The van der Waals surface area contributed by atoms with Gasteiger partial charge < -0.3 is 9.64 Å². The van der Waals surface area contributed by atoms with Gasteiger partial charge in [0.05, 0.1) is 31.0 Å². The molecule has 2 heterocycles. The van der Waals surface area contributed by atoms with E-state index in [-0.39, 0.29) is 24.7 Å².